The molecule has 0 saturated carbocycles. The highest BCUT2D eigenvalue weighted by atomic mass is 19.4. The first-order chi connectivity index (χ1) is 13.3. The Balaban J connectivity index is 1.49. The summed E-state index contributed by atoms with van der Waals surface area (Å²) in [5.74, 6) is 0.638. The van der Waals surface area contributed by atoms with Gasteiger partial charge in [-0.2, -0.15) is 13.2 Å². The highest BCUT2D eigenvalue weighted by Crippen LogP contribution is 2.32. The average molecular weight is 402 g/mol. The van der Waals surface area contributed by atoms with Gasteiger partial charge in [-0.05, 0) is 25.0 Å². The van der Waals surface area contributed by atoms with E-state index in [1.54, 1.807) is 18.2 Å². The Morgan fingerprint density at radius 2 is 1.82 bits per heavy atom. The van der Waals surface area contributed by atoms with Gasteiger partial charge in [0.25, 0.3) is 0 Å². The van der Waals surface area contributed by atoms with Crippen LogP contribution >= 0.6 is 0 Å². The number of fused-ring (bicyclic) bond motifs is 1. The Morgan fingerprint density at radius 3 is 2.50 bits per heavy atom. The van der Waals surface area contributed by atoms with E-state index >= 15 is 0 Å². The lowest BCUT2D eigenvalue weighted by Crippen LogP contribution is -2.42. The fourth-order valence-electron chi connectivity index (χ4n) is 3.04. The minimum atomic E-state index is -4.56. The number of halogens is 3. The van der Waals surface area contributed by atoms with Gasteiger partial charge in [-0.1, -0.05) is 0 Å². The van der Waals surface area contributed by atoms with Crippen molar-refractivity contribution in [1.82, 2.24) is 4.90 Å². The van der Waals surface area contributed by atoms with Crippen LogP contribution in [0.1, 0.15) is 19.3 Å². The predicted octanol–water partition coefficient (Wildman–Crippen LogP) is 3.20. The minimum absolute atomic E-state index is 0.163. The van der Waals surface area contributed by atoms with E-state index in [9.17, 15) is 22.8 Å². The molecule has 0 aromatic heterocycles. The lowest BCUT2D eigenvalue weighted by molar-refractivity contribution is -0.162. The normalized spacial score (nSPS) is 17.6. The molecule has 0 unspecified atom stereocenters. The Hall–Kier alpha value is -2.65. The molecular weight excluding hydrogens is 381 g/mol. The number of anilines is 1. The van der Waals surface area contributed by atoms with Gasteiger partial charge in [0.2, 0.25) is 5.91 Å². The van der Waals surface area contributed by atoms with Crippen molar-refractivity contribution in [1.29, 1.82) is 0 Å². The molecule has 1 aromatic rings. The molecule has 0 spiro atoms. The number of amides is 2. The number of ether oxygens (including phenoxy) is 3. The summed E-state index contributed by atoms with van der Waals surface area (Å²) in [5.41, 5.74) is 0.571. The highest BCUT2D eigenvalue weighted by molar-refractivity contribution is 5.93. The fraction of sp³-hybridized carbons (Fsp3) is 0.556. The Bertz CT molecular complexity index is 718. The summed E-state index contributed by atoms with van der Waals surface area (Å²) in [6.07, 6.45) is -4.11. The molecule has 1 aromatic carbocycles. The van der Waals surface area contributed by atoms with Crippen LogP contribution in [-0.2, 0) is 9.53 Å². The maximum atomic E-state index is 12.5. The summed E-state index contributed by atoms with van der Waals surface area (Å²) in [6, 6.07) is 5.15. The van der Waals surface area contributed by atoms with Crippen LogP contribution in [-0.4, -0.2) is 56.0 Å². The number of rotatable bonds is 3. The van der Waals surface area contributed by atoms with E-state index in [-0.39, 0.29) is 24.9 Å². The van der Waals surface area contributed by atoms with Crippen LogP contribution in [0.15, 0.2) is 18.2 Å². The molecule has 1 saturated heterocycles. The number of piperidine rings is 1. The Morgan fingerprint density at radius 1 is 1.14 bits per heavy atom. The Labute approximate surface area is 159 Å². The van der Waals surface area contributed by atoms with Gasteiger partial charge in [-0.15, -0.1) is 0 Å². The van der Waals surface area contributed by atoms with E-state index in [0.717, 1.165) is 6.42 Å². The van der Waals surface area contributed by atoms with Crippen molar-refractivity contribution < 1.29 is 37.0 Å². The molecule has 10 heteroatoms. The molecule has 1 fully saturated rings. The smallest absolute Gasteiger partial charge is 0.422 e. The van der Waals surface area contributed by atoms with E-state index in [0.29, 0.717) is 43.2 Å². The van der Waals surface area contributed by atoms with E-state index in [2.05, 4.69) is 10.1 Å². The van der Waals surface area contributed by atoms with Crippen LogP contribution in [0.5, 0.6) is 11.5 Å². The molecule has 0 radical (unpaired) electrons. The monoisotopic (exact) mass is 402 g/mol. The molecule has 2 aliphatic heterocycles. The molecule has 28 heavy (non-hydrogen) atoms. The number of carbonyl (C=O) groups is 2. The molecular formula is C18H21F3N2O5. The molecule has 154 valence electrons. The molecule has 1 N–H and O–H groups in total. The van der Waals surface area contributed by atoms with Crippen LogP contribution in [0, 0.1) is 5.92 Å². The van der Waals surface area contributed by atoms with Crippen molar-refractivity contribution in [3.8, 4) is 11.5 Å². The highest BCUT2D eigenvalue weighted by Gasteiger charge is 2.33. The van der Waals surface area contributed by atoms with Crippen molar-refractivity contribution in [2.24, 2.45) is 5.92 Å². The maximum Gasteiger partial charge on any atom is 0.422 e. The third kappa shape index (κ3) is 5.43. The first kappa shape index (κ1) is 20.1. The predicted molar refractivity (Wildman–Crippen MR) is 92.4 cm³/mol. The second kappa shape index (κ2) is 8.57. The van der Waals surface area contributed by atoms with Crippen LogP contribution in [0.25, 0.3) is 0 Å². The van der Waals surface area contributed by atoms with Gasteiger partial charge in [-0.25, -0.2) is 4.79 Å². The van der Waals surface area contributed by atoms with Crippen LogP contribution in [0.2, 0.25) is 0 Å². The molecule has 7 nitrogen and oxygen atoms in total. The first-order valence-corrected chi connectivity index (χ1v) is 9.01. The van der Waals surface area contributed by atoms with E-state index in [1.807, 2.05) is 0 Å². The lowest BCUT2D eigenvalue weighted by atomic mass is 9.96. The van der Waals surface area contributed by atoms with E-state index < -0.39 is 18.9 Å². The Kier molecular flexibility index (Phi) is 6.15. The van der Waals surface area contributed by atoms with Gasteiger partial charge in [0.15, 0.2) is 18.1 Å². The number of carbonyl (C=O) groups excluding carboxylic acids is 2. The van der Waals surface area contributed by atoms with Crippen LogP contribution < -0.4 is 14.8 Å². The number of hydrogen-bond donors (Lipinski definition) is 1. The lowest BCUT2D eigenvalue weighted by Gasteiger charge is -2.30. The minimum Gasteiger partial charge on any atom is -0.490 e. The zero-order valence-electron chi connectivity index (χ0n) is 15.1. The molecule has 2 aliphatic rings. The second-order valence-electron chi connectivity index (χ2n) is 6.63. The topological polar surface area (TPSA) is 77.1 Å². The quantitative estimate of drug-likeness (QED) is 0.840. The number of nitrogens with one attached hydrogen (secondary N) is 1. The van der Waals surface area contributed by atoms with Crippen molar-refractivity contribution in [2.75, 3.05) is 38.2 Å². The van der Waals surface area contributed by atoms with Crippen molar-refractivity contribution >= 4 is 17.7 Å². The molecule has 0 aliphatic carbocycles. The van der Waals surface area contributed by atoms with Crippen LogP contribution in [0.3, 0.4) is 0 Å². The molecule has 0 bridgehead atoms. The maximum absolute atomic E-state index is 12.5. The SMILES string of the molecule is O=C(Nc1ccc2c(c1)OCCCO2)C1CCN(C(=O)OCC(F)(F)F)CC1. The molecule has 2 amide bonds. The zero-order valence-corrected chi connectivity index (χ0v) is 15.1. The summed E-state index contributed by atoms with van der Waals surface area (Å²) < 4.78 is 51.7. The number of hydrogen-bond acceptors (Lipinski definition) is 5. The zero-order chi connectivity index (χ0) is 20.1. The van der Waals surface area contributed by atoms with Gasteiger partial charge in [-0.3, -0.25) is 4.79 Å². The summed E-state index contributed by atoms with van der Waals surface area (Å²) in [6.45, 7) is -0.182. The standard InChI is InChI=1S/C18H21F3N2O5/c19-18(20,21)11-28-17(25)23-6-4-12(5-7-23)16(24)22-13-2-3-14-15(10-13)27-9-1-8-26-14/h2-3,10,12H,1,4-9,11H2,(H,22,24). The number of nitrogens with zero attached hydrogens (tertiary/aromatic N) is 1. The molecule has 3 rings (SSSR count). The van der Waals surface area contributed by atoms with Crippen LogP contribution in [0.4, 0.5) is 23.7 Å². The summed E-state index contributed by atoms with van der Waals surface area (Å²) in [5, 5.41) is 2.81. The van der Waals surface area contributed by atoms with Gasteiger partial charge < -0.3 is 24.4 Å². The van der Waals surface area contributed by atoms with Gasteiger partial charge in [0.1, 0.15) is 0 Å². The fourth-order valence-corrected chi connectivity index (χ4v) is 3.04. The third-order valence-electron chi connectivity index (χ3n) is 4.50. The average Bonchev–Trinajstić information content (AvgIpc) is 2.90. The second-order valence-corrected chi connectivity index (χ2v) is 6.63. The van der Waals surface area contributed by atoms with Crippen molar-refractivity contribution in [3.05, 3.63) is 18.2 Å². The van der Waals surface area contributed by atoms with Crippen molar-refractivity contribution in [3.63, 3.8) is 0 Å². The molecule has 2 heterocycles. The van der Waals surface area contributed by atoms with Gasteiger partial charge in [0, 0.05) is 37.2 Å². The largest absolute Gasteiger partial charge is 0.490 e. The number of alkyl halides is 3. The third-order valence-corrected chi connectivity index (χ3v) is 4.50. The summed E-state index contributed by atoms with van der Waals surface area (Å²) in [7, 11) is 0. The first-order valence-electron chi connectivity index (χ1n) is 9.01. The van der Waals surface area contributed by atoms with Crippen molar-refractivity contribution in [2.45, 2.75) is 25.4 Å². The summed E-state index contributed by atoms with van der Waals surface area (Å²) >= 11 is 0. The molecule has 0 atom stereocenters. The van der Waals surface area contributed by atoms with E-state index in [1.165, 1.54) is 4.90 Å². The number of likely N-dealkylation sites (tertiary alicyclic amines) is 1. The van der Waals surface area contributed by atoms with Gasteiger partial charge in [0.05, 0.1) is 13.2 Å². The van der Waals surface area contributed by atoms with E-state index in [4.69, 9.17) is 9.47 Å². The van der Waals surface area contributed by atoms with Gasteiger partial charge >= 0.3 is 12.3 Å². The summed E-state index contributed by atoms with van der Waals surface area (Å²) in [4.78, 5) is 25.3. The number of benzene rings is 1.